The van der Waals surface area contributed by atoms with Crippen molar-refractivity contribution in [3.63, 3.8) is 0 Å². The van der Waals surface area contributed by atoms with Crippen molar-refractivity contribution in [2.45, 2.75) is 26.4 Å². The van der Waals surface area contributed by atoms with Crippen LogP contribution in [0.2, 0.25) is 5.02 Å². The summed E-state index contributed by atoms with van der Waals surface area (Å²) in [6, 6.07) is 2.40. The Hall–Kier alpha value is -1.39. The molecule has 90 valence electrons. The van der Waals surface area contributed by atoms with E-state index in [2.05, 4.69) is 29.1 Å². The van der Waals surface area contributed by atoms with E-state index in [9.17, 15) is 0 Å². The normalized spacial score (nSPS) is 11.1. The van der Waals surface area contributed by atoms with Gasteiger partial charge in [-0.3, -0.25) is 4.57 Å². The molecule has 5 heteroatoms. The van der Waals surface area contributed by atoms with Crippen molar-refractivity contribution < 1.29 is 0 Å². The Morgan fingerprint density at radius 3 is 2.94 bits per heavy atom. The Balaban J connectivity index is 2.23. The lowest BCUT2D eigenvalue weighted by Gasteiger charge is -2.10. The van der Waals surface area contributed by atoms with E-state index < -0.39 is 0 Å². The Labute approximate surface area is 106 Å². The molecule has 0 saturated carbocycles. The molecule has 0 atom stereocenters. The van der Waals surface area contributed by atoms with E-state index in [0.29, 0.717) is 11.1 Å². The fraction of sp³-hybridized carbons (Fsp3) is 0.333. The summed E-state index contributed by atoms with van der Waals surface area (Å²) < 4.78 is 1.86. The van der Waals surface area contributed by atoms with Crippen LogP contribution in [0.3, 0.4) is 0 Å². The minimum atomic E-state index is 0.427. The maximum atomic E-state index is 6.11. The smallest absolute Gasteiger partial charge is 0.138 e. The fourth-order valence-corrected chi connectivity index (χ4v) is 1.62. The number of rotatable bonds is 4. The molecular formula is C12H15ClN4. The first-order valence-corrected chi connectivity index (χ1v) is 5.90. The van der Waals surface area contributed by atoms with Gasteiger partial charge in [0.25, 0.3) is 0 Å². The van der Waals surface area contributed by atoms with Gasteiger partial charge >= 0.3 is 0 Å². The molecule has 0 fully saturated rings. The molecule has 0 aliphatic heterocycles. The minimum absolute atomic E-state index is 0.427. The third kappa shape index (κ3) is 3.05. The Morgan fingerprint density at radius 2 is 2.29 bits per heavy atom. The molecule has 0 bridgehead atoms. The molecule has 0 aliphatic rings. The zero-order chi connectivity index (χ0) is 12.3. The van der Waals surface area contributed by atoms with Gasteiger partial charge in [0.2, 0.25) is 0 Å². The lowest BCUT2D eigenvalue weighted by Crippen LogP contribution is -2.22. The summed E-state index contributed by atoms with van der Waals surface area (Å²) in [5.74, 6) is 0.826. The second-order valence-electron chi connectivity index (χ2n) is 4.14. The summed E-state index contributed by atoms with van der Waals surface area (Å²) in [5.41, 5.74) is 1.04. The van der Waals surface area contributed by atoms with Crippen LogP contribution in [0.1, 0.15) is 19.4 Å². The number of nitrogens with one attached hydrogen (secondary N) is 1. The standard InChI is InChI=1S/C12H15ClN4/c1-9(2)15-6-10-5-12(16-7-11(10)13)17-4-3-14-8-17/h3-5,7-9,15H,6H2,1-2H3. The second kappa shape index (κ2) is 5.29. The number of hydrogen-bond donors (Lipinski definition) is 1. The van der Waals surface area contributed by atoms with Gasteiger partial charge in [0.05, 0.1) is 5.02 Å². The summed E-state index contributed by atoms with van der Waals surface area (Å²) in [5, 5.41) is 4.02. The highest BCUT2D eigenvalue weighted by Crippen LogP contribution is 2.17. The monoisotopic (exact) mass is 250 g/mol. The van der Waals surface area contributed by atoms with E-state index in [-0.39, 0.29) is 0 Å². The summed E-state index contributed by atoms with van der Waals surface area (Å²) in [6.45, 7) is 4.94. The Morgan fingerprint density at radius 1 is 1.47 bits per heavy atom. The van der Waals surface area contributed by atoms with Gasteiger partial charge in [0.15, 0.2) is 0 Å². The van der Waals surface area contributed by atoms with Crippen LogP contribution >= 0.6 is 11.6 Å². The van der Waals surface area contributed by atoms with Crippen LogP contribution in [-0.4, -0.2) is 20.6 Å². The molecule has 0 spiro atoms. The van der Waals surface area contributed by atoms with Crippen LogP contribution in [0.25, 0.3) is 5.82 Å². The van der Waals surface area contributed by atoms with Crippen molar-refractivity contribution in [1.82, 2.24) is 19.9 Å². The SMILES string of the molecule is CC(C)NCc1cc(-n2ccnc2)ncc1Cl. The highest BCUT2D eigenvalue weighted by molar-refractivity contribution is 6.31. The van der Waals surface area contributed by atoms with Crippen LogP contribution in [0.5, 0.6) is 0 Å². The van der Waals surface area contributed by atoms with E-state index in [1.165, 1.54) is 0 Å². The highest BCUT2D eigenvalue weighted by Gasteiger charge is 2.05. The molecule has 0 aromatic carbocycles. The van der Waals surface area contributed by atoms with Gasteiger partial charge in [0, 0.05) is 31.2 Å². The van der Waals surface area contributed by atoms with Gasteiger partial charge in [-0.2, -0.15) is 0 Å². The first-order valence-electron chi connectivity index (χ1n) is 5.53. The largest absolute Gasteiger partial charge is 0.310 e. The van der Waals surface area contributed by atoms with E-state index in [1.807, 2.05) is 16.8 Å². The highest BCUT2D eigenvalue weighted by atomic mass is 35.5. The van der Waals surface area contributed by atoms with Crippen molar-refractivity contribution in [1.29, 1.82) is 0 Å². The van der Waals surface area contributed by atoms with Crippen LogP contribution in [0, 0.1) is 0 Å². The summed E-state index contributed by atoms with van der Waals surface area (Å²) in [6.07, 6.45) is 6.97. The average molecular weight is 251 g/mol. The topological polar surface area (TPSA) is 42.7 Å². The van der Waals surface area contributed by atoms with E-state index in [4.69, 9.17) is 11.6 Å². The lowest BCUT2D eigenvalue weighted by atomic mass is 10.2. The predicted molar refractivity (Wildman–Crippen MR) is 68.3 cm³/mol. The molecule has 0 aliphatic carbocycles. The summed E-state index contributed by atoms with van der Waals surface area (Å²) >= 11 is 6.11. The van der Waals surface area contributed by atoms with Crippen LogP contribution in [-0.2, 0) is 6.54 Å². The number of hydrogen-bond acceptors (Lipinski definition) is 3. The third-order valence-electron chi connectivity index (χ3n) is 2.39. The number of imidazole rings is 1. The summed E-state index contributed by atoms with van der Waals surface area (Å²) in [7, 11) is 0. The first-order chi connectivity index (χ1) is 8.16. The van der Waals surface area contributed by atoms with Crippen LogP contribution in [0.4, 0.5) is 0 Å². The predicted octanol–water partition coefficient (Wildman–Crippen LogP) is 2.42. The van der Waals surface area contributed by atoms with Crippen LogP contribution in [0.15, 0.2) is 31.0 Å². The molecular weight excluding hydrogens is 236 g/mol. The van der Waals surface area contributed by atoms with Crippen molar-refractivity contribution in [3.8, 4) is 5.82 Å². The van der Waals surface area contributed by atoms with Crippen molar-refractivity contribution in [2.24, 2.45) is 0 Å². The molecule has 2 heterocycles. The maximum absolute atomic E-state index is 6.11. The lowest BCUT2D eigenvalue weighted by molar-refractivity contribution is 0.588. The molecule has 0 saturated heterocycles. The van der Waals surface area contributed by atoms with Gasteiger partial charge in [-0.05, 0) is 11.6 Å². The molecule has 0 unspecified atom stereocenters. The average Bonchev–Trinajstić information content (AvgIpc) is 2.81. The van der Waals surface area contributed by atoms with Gasteiger partial charge in [-0.25, -0.2) is 9.97 Å². The van der Waals surface area contributed by atoms with Crippen LogP contribution < -0.4 is 5.32 Å². The summed E-state index contributed by atoms with van der Waals surface area (Å²) in [4.78, 5) is 8.27. The van der Waals surface area contributed by atoms with Crippen molar-refractivity contribution in [2.75, 3.05) is 0 Å². The zero-order valence-corrected chi connectivity index (χ0v) is 10.6. The van der Waals surface area contributed by atoms with Gasteiger partial charge in [-0.1, -0.05) is 25.4 Å². The van der Waals surface area contributed by atoms with Crippen molar-refractivity contribution >= 4 is 11.6 Å². The van der Waals surface area contributed by atoms with E-state index in [1.54, 1.807) is 18.7 Å². The third-order valence-corrected chi connectivity index (χ3v) is 2.73. The van der Waals surface area contributed by atoms with Crippen molar-refractivity contribution in [3.05, 3.63) is 41.6 Å². The number of nitrogens with zero attached hydrogens (tertiary/aromatic N) is 3. The molecule has 0 radical (unpaired) electrons. The Kier molecular flexibility index (Phi) is 3.76. The first kappa shape index (κ1) is 12.1. The second-order valence-corrected chi connectivity index (χ2v) is 4.55. The zero-order valence-electron chi connectivity index (χ0n) is 9.89. The van der Waals surface area contributed by atoms with Gasteiger partial charge in [-0.15, -0.1) is 0 Å². The molecule has 2 rings (SSSR count). The Bertz CT molecular complexity index is 479. The number of halogens is 1. The molecule has 1 N–H and O–H groups in total. The molecule has 0 amide bonds. The maximum Gasteiger partial charge on any atom is 0.138 e. The molecule has 2 aromatic heterocycles. The number of aromatic nitrogens is 3. The number of pyridine rings is 1. The molecule has 4 nitrogen and oxygen atoms in total. The van der Waals surface area contributed by atoms with Gasteiger partial charge in [0.1, 0.15) is 12.1 Å². The van der Waals surface area contributed by atoms with Gasteiger partial charge < -0.3 is 5.32 Å². The van der Waals surface area contributed by atoms with E-state index in [0.717, 1.165) is 17.9 Å². The molecule has 17 heavy (non-hydrogen) atoms. The molecule has 2 aromatic rings. The van der Waals surface area contributed by atoms with E-state index >= 15 is 0 Å². The fourth-order valence-electron chi connectivity index (χ4n) is 1.45. The quantitative estimate of drug-likeness (QED) is 0.906. The minimum Gasteiger partial charge on any atom is -0.310 e.